The highest BCUT2D eigenvalue weighted by molar-refractivity contribution is 5.72. The highest BCUT2D eigenvalue weighted by Gasteiger charge is 2.22. The summed E-state index contributed by atoms with van der Waals surface area (Å²) in [5.74, 6) is -0.277. The molecule has 0 saturated carbocycles. The summed E-state index contributed by atoms with van der Waals surface area (Å²) in [4.78, 5) is 14.1. The zero-order valence-electron chi connectivity index (χ0n) is 15.5. The third-order valence-electron chi connectivity index (χ3n) is 4.73. The van der Waals surface area contributed by atoms with Gasteiger partial charge in [-0.1, -0.05) is 6.07 Å². The van der Waals surface area contributed by atoms with Crippen molar-refractivity contribution in [3.63, 3.8) is 0 Å². The van der Waals surface area contributed by atoms with Crippen LogP contribution in [0.15, 0.2) is 18.2 Å². The number of anilines is 2. The first kappa shape index (κ1) is 19.5. The van der Waals surface area contributed by atoms with Gasteiger partial charge in [-0.25, -0.2) is 0 Å². The molecule has 2 N–H and O–H groups in total. The zero-order valence-corrected chi connectivity index (χ0v) is 15.5. The molecule has 1 unspecified atom stereocenters. The number of ether oxygens (including phenoxy) is 3. The van der Waals surface area contributed by atoms with Crippen molar-refractivity contribution in [1.82, 2.24) is 0 Å². The predicted octanol–water partition coefficient (Wildman–Crippen LogP) is 2.57. The molecule has 6 nitrogen and oxygen atoms in total. The quantitative estimate of drug-likeness (QED) is 0.574. The van der Waals surface area contributed by atoms with Gasteiger partial charge in [-0.3, -0.25) is 4.79 Å². The van der Waals surface area contributed by atoms with Crippen molar-refractivity contribution >= 4 is 17.3 Å². The molecule has 140 valence electrons. The third kappa shape index (κ3) is 5.34. The van der Waals surface area contributed by atoms with Crippen molar-refractivity contribution in [3.8, 4) is 0 Å². The van der Waals surface area contributed by atoms with Crippen molar-refractivity contribution in [2.75, 3.05) is 51.2 Å². The summed E-state index contributed by atoms with van der Waals surface area (Å²) in [5, 5.41) is 0. The summed E-state index contributed by atoms with van der Waals surface area (Å²) in [7, 11) is 3.71. The van der Waals surface area contributed by atoms with Gasteiger partial charge in [0.05, 0.1) is 31.0 Å². The Bertz CT molecular complexity index is 558. The summed E-state index contributed by atoms with van der Waals surface area (Å²) in [6, 6.07) is 6.46. The molecule has 0 aliphatic carbocycles. The summed E-state index contributed by atoms with van der Waals surface area (Å²) >= 11 is 0. The topological polar surface area (TPSA) is 74.0 Å². The van der Waals surface area contributed by atoms with Crippen LogP contribution in [0.3, 0.4) is 0 Å². The summed E-state index contributed by atoms with van der Waals surface area (Å²) < 4.78 is 15.8. The molecular formula is C19H30N2O4. The standard InChI is InChI=1S/C19H30N2O4/c1-4-25-19(22)12-15(13-23-3)14-5-6-18(17(20)11-14)21(2)16-7-9-24-10-8-16/h5-6,11,15-16H,4,7-10,12-13,20H2,1-3H3. The Morgan fingerprint density at radius 1 is 1.40 bits per heavy atom. The number of benzene rings is 1. The molecule has 1 saturated heterocycles. The Morgan fingerprint density at radius 3 is 2.72 bits per heavy atom. The van der Waals surface area contributed by atoms with Crippen LogP contribution in [0.1, 0.15) is 37.7 Å². The van der Waals surface area contributed by atoms with Gasteiger partial charge in [-0.15, -0.1) is 0 Å². The molecule has 0 spiro atoms. The number of nitrogens with zero attached hydrogens (tertiary/aromatic N) is 1. The molecule has 1 atom stereocenters. The Morgan fingerprint density at radius 2 is 2.12 bits per heavy atom. The van der Waals surface area contributed by atoms with Crippen LogP contribution >= 0.6 is 0 Å². The average Bonchev–Trinajstić information content (AvgIpc) is 2.61. The fraction of sp³-hybridized carbons (Fsp3) is 0.632. The van der Waals surface area contributed by atoms with Gasteiger partial charge in [0, 0.05) is 39.3 Å². The highest BCUT2D eigenvalue weighted by Crippen LogP contribution is 2.31. The van der Waals surface area contributed by atoms with Crippen molar-refractivity contribution in [3.05, 3.63) is 23.8 Å². The van der Waals surface area contributed by atoms with E-state index in [1.165, 1.54) is 0 Å². The maximum Gasteiger partial charge on any atom is 0.306 e. The zero-order chi connectivity index (χ0) is 18.2. The molecule has 2 rings (SSSR count). The minimum absolute atomic E-state index is 0.0613. The van der Waals surface area contributed by atoms with Gasteiger partial charge in [0.25, 0.3) is 0 Å². The number of rotatable bonds is 8. The molecule has 0 bridgehead atoms. The third-order valence-corrected chi connectivity index (χ3v) is 4.73. The summed E-state index contributed by atoms with van der Waals surface area (Å²) in [5.41, 5.74) is 9.05. The van der Waals surface area contributed by atoms with Crippen LogP contribution in [0.2, 0.25) is 0 Å². The number of hydrogen-bond donors (Lipinski definition) is 1. The van der Waals surface area contributed by atoms with Crippen LogP contribution in [0.25, 0.3) is 0 Å². The number of hydrogen-bond acceptors (Lipinski definition) is 6. The van der Waals surface area contributed by atoms with Crippen molar-refractivity contribution in [2.24, 2.45) is 0 Å². The normalized spacial score (nSPS) is 16.4. The minimum atomic E-state index is -0.216. The molecule has 0 radical (unpaired) electrons. The van der Waals surface area contributed by atoms with Crippen molar-refractivity contribution in [1.29, 1.82) is 0 Å². The first-order chi connectivity index (χ1) is 12.1. The second kappa shape index (κ2) is 9.63. The fourth-order valence-corrected chi connectivity index (χ4v) is 3.31. The lowest BCUT2D eigenvalue weighted by molar-refractivity contribution is -0.143. The van der Waals surface area contributed by atoms with Crippen molar-refractivity contribution in [2.45, 2.75) is 38.1 Å². The van der Waals surface area contributed by atoms with E-state index in [-0.39, 0.29) is 18.3 Å². The van der Waals surface area contributed by atoms with Gasteiger partial charge < -0.3 is 24.8 Å². The van der Waals surface area contributed by atoms with Crippen LogP contribution in [0.5, 0.6) is 0 Å². The summed E-state index contributed by atoms with van der Waals surface area (Å²) in [6.07, 6.45) is 2.30. The maximum atomic E-state index is 11.8. The molecule has 1 aromatic rings. The van der Waals surface area contributed by atoms with E-state index in [4.69, 9.17) is 19.9 Å². The maximum absolute atomic E-state index is 11.8. The molecule has 1 aromatic carbocycles. The molecule has 1 heterocycles. The Labute approximate surface area is 150 Å². The van der Waals surface area contributed by atoms with Gasteiger partial charge in [0.1, 0.15) is 0 Å². The smallest absolute Gasteiger partial charge is 0.306 e. The van der Waals surface area contributed by atoms with Crippen molar-refractivity contribution < 1.29 is 19.0 Å². The fourth-order valence-electron chi connectivity index (χ4n) is 3.31. The summed E-state index contributed by atoms with van der Waals surface area (Å²) in [6.45, 7) is 4.23. The largest absolute Gasteiger partial charge is 0.466 e. The van der Waals surface area contributed by atoms with E-state index in [0.29, 0.717) is 19.3 Å². The van der Waals surface area contributed by atoms with Crippen LogP contribution in [-0.2, 0) is 19.0 Å². The number of nitrogen functional groups attached to an aromatic ring is 1. The van der Waals surface area contributed by atoms with Crippen LogP contribution in [-0.4, -0.2) is 52.6 Å². The van der Waals surface area contributed by atoms with E-state index in [0.717, 1.165) is 43.0 Å². The lowest BCUT2D eigenvalue weighted by Crippen LogP contribution is -2.37. The van der Waals surface area contributed by atoms with Gasteiger partial charge in [-0.05, 0) is 37.5 Å². The second-order valence-corrected chi connectivity index (χ2v) is 6.43. The minimum Gasteiger partial charge on any atom is -0.466 e. The lowest BCUT2D eigenvalue weighted by atomic mass is 9.95. The van der Waals surface area contributed by atoms with Gasteiger partial charge >= 0.3 is 5.97 Å². The number of methoxy groups -OCH3 is 1. The van der Waals surface area contributed by atoms with Crippen LogP contribution in [0.4, 0.5) is 11.4 Å². The van der Waals surface area contributed by atoms with E-state index in [1.807, 2.05) is 25.1 Å². The number of nitrogens with two attached hydrogens (primary N) is 1. The molecule has 1 fully saturated rings. The lowest BCUT2D eigenvalue weighted by Gasteiger charge is -2.34. The Kier molecular flexibility index (Phi) is 7.52. The van der Waals surface area contributed by atoms with E-state index in [9.17, 15) is 4.79 Å². The van der Waals surface area contributed by atoms with E-state index < -0.39 is 0 Å². The SMILES string of the molecule is CCOC(=O)CC(COC)c1ccc(N(C)C2CCOCC2)c(N)c1. The molecule has 1 aliphatic heterocycles. The van der Waals surface area contributed by atoms with E-state index >= 15 is 0 Å². The molecule has 1 aliphatic rings. The van der Waals surface area contributed by atoms with Crippen LogP contribution in [0, 0.1) is 0 Å². The van der Waals surface area contributed by atoms with Gasteiger partial charge in [-0.2, -0.15) is 0 Å². The predicted molar refractivity (Wildman–Crippen MR) is 99.0 cm³/mol. The monoisotopic (exact) mass is 350 g/mol. The number of esters is 1. The highest BCUT2D eigenvalue weighted by atomic mass is 16.5. The number of carbonyl (C=O) groups is 1. The second-order valence-electron chi connectivity index (χ2n) is 6.43. The molecule has 0 amide bonds. The van der Waals surface area contributed by atoms with Gasteiger partial charge in [0.2, 0.25) is 0 Å². The molecule has 25 heavy (non-hydrogen) atoms. The number of carbonyl (C=O) groups excluding carboxylic acids is 1. The molecule has 0 aromatic heterocycles. The first-order valence-electron chi connectivity index (χ1n) is 8.91. The Balaban J connectivity index is 2.13. The molecule has 6 heteroatoms. The first-order valence-corrected chi connectivity index (χ1v) is 8.91. The molecular weight excluding hydrogens is 320 g/mol. The van der Waals surface area contributed by atoms with Gasteiger partial charge in [0.15, 0.2) is 0 Å². The van der Waals surface area contributed by atoms with E-state index in [2.05, 4.69) is 11.9 Å². The van der Waals surface area contributed by atoms with E-state index in [1.54, 1.807) is 7.11 Å². The van der Waals surface area contributed by atoms with Crippen LogP contribution < -0.4 is 10.6 Å². The average molecular weight is 350 g/mol. The Hall–Kier alpha value is -1.79.